The monoisotopic (exact) mass is 464 g/mol. The van der Waals surface area contributed by atoms with Crippen molar-refractivity contribution in [2.75, 3.05) is 13.6 Å². The molecular weight excluding hydrogens is 432 g/mol. The van der Waals surface area contributed by atoms with Crippen LogP contribution in [0.15, 0.2) is 84.9 Å². The molecule has 0 saturated heterocycles. The van der Waals surface area contributed by atoms with Crippen LogP contribution >= 0.6 is 0 Å². The predicted octanol–water partition coefficient (Wildman–Crippen LogP) is 6.14. The molecule has 4 heteroatoms. The second kappa shape index (κ2) is 9.93. The first kappa shape index (κ1) is 23.1. The van der Waals surface area contributed by atoms with Crippen molar-refractivity contribution in [2.24, 2.45) is 0 Å². The average molecular weight is 465 g/mol. The number of aryl methyl sites for hydroxylation is 1. The Kier molecular flexibility index (Phi) is 6.56. The minimum absolute atomic E-state index is 0.0251. The van der Waals surface area contributed by atoms with Gasteiger partial charge < -0.3 is 15.4 Å². The summed E-state index contributed by atoms with van der Waals surface area (Å²) in [6.07, 6.45) is 0.875. The van der Waals surface area contributed by atoms with Crippen LogP contribution in [0.4, 0.5) is 0 Å². The van der Waals surface area contributed by atoms with Crippen LogP contribution < -0.4 is 15.4 Å². The predicted molar refractivity (Wildman–Crippen MR) is 142 cm³/mol. The summed E-state index contributed by atoms with van der Waals surface area (Å²) in [4.78, 5) is 12.4. The van der Waals surface area contributed by atoms with E-state index in [2.05, 4.69) is 84.3 Å². The lowest BCUT2D eigenvalue weighted by Gasteiger charge is -2.33. The number of ether oxygens (including phenoxy) is 1. The fourth-order valence-corrected chi connectivity index (χ4v) is 5.22. The van der Waals surface area contributed by atoms with Gasteiger partial charge in [-0.25, -0.2) is 0 Å². The molecule has 0 bridgehead atoms. The molecule has 0 fully saturated rings. The molecular formula is C31H32N2O2. The Bertz CT molecular complexity index is 1360. The van der Waals surface area contributed by atoms with Crippen molar-refractivity contribution in [1.82, 2.24) is 10.6 Å². The van der Waals surface area contributed by atoms with E-state index in [-0.39, 0.29) is 24.0 Å². The van der Waals surface area contributed by atoms with Crippen LogP contribution in [-0.2, 0) is 0 Å². The number of rotatable bonds is 6. The summed E-state index contributed by atoms with van der Waals surface area (Å²) in [5.74, 6) is 1.05. The van der Waals surface area contributed by atoms with Gasteiger partial charge in [0.1, 0.15) is 11.9 Å². The highest BCUT2D eigenvalue weighted by Gasteiger charge is 2.30. The van der Waals surface area contributed by atoms with Gasteiger partial charge >= 0.3 is 0 Å². The summed E-state index contributed by atoms with van der Waals surface area (Å²) >= 11 is 0. The molecule has 4 nitrogen and oxygen atoms in total. The third-order valence-corrected chi connectivity index (χ3v) is 7.16. The maximum Gasteiger partial charge on any atom is 0.251 e. The molecule has 35 heavy (non-hydrogen) atoms. The first-order valence-corrected chi connectivity index (χ1v) is 12.3. The van der Waals surface area contributed by atoms with E-state index in [4.69, 9.17) is 4.74 Å². The van der Waals surface area contributed by atoms with Crippen molar-refractivity contribution in [3.05, 3.63) is 113 Å². The molecule has 3 unspecified atom stereocenters. The lowest BCUT2D eigenvalue weighted by atomic mass is 9.83. The maximum atomic E-state index is 12.4. The second-order valence-corrected chi connectivity index (χ2v) is 9.42. The van der Waals surface area contributed by atoms with Crippen molar-refractivity contribution < 1.29 is 9.53 Å². The largest absolute Gasteiger partial charge is 0.489 e. The third-order valence-electron chi connectivity index (χ3n) is 7.16. The van der Waals surface area contributed by atoms with E-state index in [0.29, 0.717) is 0 Å². The van der Waals surface area contributed by atoms with Gasteiger partial charge in [0, 0.05) is 36.7 Å². The highest BCUT2D eigenvalue weighted by atomic mass is 16.5. The molecule has 1 aliphatic heterocycles. The molecule has 2 N–H and O–H groups in total. The normalized spacial score (nSPS) is 17.9. The molecule has 1 aliphatic rings. The Morgan fingerprint density at radius 1 is 1.00 bits per heavy atom. The number of hydrogen-bond acceptors (Lipinski definition) is 3. The van der Waals surface area contributed by atoms with Crippen molar-refractivity contribution >= 4 is 16.7 Å². The fraction of sp³-hybridized carbons (Fsp3) is 0.258. The van der Waals surface area contributed by atoms with Gasteiger partial charge in [-0.2, -0.15) is 0 Å². The Labute approximate surface area is 207 Å². The molecule has 0 radical (unpaired) electrons. The number of carbonyl (C=O) groups is 1. The first-order valence-electron chi connectivity index (χ1n) is 12.3. The first-order chi connectivity index (χ1) is 17.0. The summed E-state index contributed by atoms with van der Waals surface area (Å²) in [6, 6.07) is 29.7. The smallest absolute Gasteiger partial charge is 0.251 e. The standard InChI is InChI=1S/C31H32N2O2/c1-20-15-16-23(17-28(20)31(34)32-3)29-18-24(35-30-14-7-6-12-27(29)30)19-33-21(2)25-13-8-10-22-9-4-5-11-26(22)25/h4-17,21,24,29,33H,18-19H2,1-3H3,(H,32,34). The van der Waals surface area contributed by atoms with E-state index in [1.54, 1.807) is 7.05 Å². The number of amides is 1. The SMILES string of the molecule is CNC(=O)c1cc(C2CC(CNC(C)c3cccc4ccccc34)Oc3ccccc32)ccc1C. The number of benzene rings is 4. The Balaban J connectivity index is 1.39. The Morgan fingerprint density at radius 3 is 2.63 bits per heavy atom. The number of carbonyl (C=O) groups excluding carboxylic acids is 1. The Hall–Kier alpha value is -3.63. The zero-order valence-corrected chi connectivity index (χ0v) is 20.5. The van der Waals surface area contributed by atoms with Crippen molar-refractivity contribution in [2.45, 2.75) is 38.3 Å². The van der Waals surface area contributed by atoms with Gasteiger partial charge in [0.2, 0.25) is 0 Å². The van der Waals surface area contributed by atoms with E-state index < -0.39 is 0 Å². The molecule has 4 aromatic carbocycles. The highest BCUT2D eigenvalue weighted by molar-refractivity contribution is 5.95. The lowest BCUT2D eigenvalue weighted by molar-refractivity contribution is 0.0962. The fourth-order valence-electron chi connectivity index (χ4n) is 5.22. The quantitative estimate of drug-likeness (QED) is 0.360. The van der Waals surface area contributed by atoms with Gasteiger partial charge in [-0.15, -0.1) is 0 Å². The van der Waals surface area contributed by atoms with Crippen LogP contribution in [0.5, 0.6) is 5.75 Å². The van der Waals surface area contributed by atoms with Gasteiger partial charge in [-0.05, 0) is 59.9 Å². The van der Waals surface area contributed by atoms with Gasteiger partial charge in [0.25, 0.3) is 5.91 Å². The lowest BCUT2D eigenvalue weighted by Crippen LogP contribution is -2.37. The molecule has 4 aromatic rings. The highest BCUT2D eigenvalue weighted by Crippen LogP contribution is 2.40. The topological polar surface area (TPSA) is 50.4 Å². The molecule has 1 amide bonds. The molecule has 5 rings (SSSR count). The third kappa shape index (κ3) is 4.67. The van der Waals surface area contributed by atoms with Crippen LogP contribution in [0.3, 0.4) is 0 Å². The number of fused-ring (bicyclic) bond motifs is 2. The summed E-state index contributed by atoms with van der Waals surface area (Å²) in [5.41, 5.74) is 5.34. The molecule has 0 spiro atoms. The van der Waals surface area contributed by atoms with Crippen LogP contribution in [0, 0.1) is 6.92 Å². The summed E-state index contributed by atoms with van der Waals surface area (Å²) < 4.78 is 6.44. The zero-order valence-electron chi connectivity index (χ0n) is 20.5. The van der Waals surface area contributed by atoms with Gasteiger partial charge in [0.05, 0.1) is 0 Å². The van der Waals surface area contributed by atoms with Crippen LogP contribution in [0.1, 0.15) is 57.9 Å². The van der Waals surface area contributed by atoms with E-state index in [9.17, 15) is 4.79 Å². The minimum atomic E-state index is -0.0492. The summed E-state index contributed by atoms with van der Waals surface area (Å²) in [5, 5.41) is 9.03. The summed E-state index contributed by atoms with van der Waals surface area (Å²) in [7, 11) is 1.68. The van der Waals surface area contributed by atoms with Crippen molar-refractivity contribution in [1.29, 1.82) is 0 Å². The van der Waals surface area contributed by atoms with Gasteiger partial charge in [-0.3, -0.25) is 4.79 Å². The molecule has 0 aromatic heterocycles. The molecule has 0 saturated carbocycles. The van der Waals surface area contributed by atoms with Crippen molar-refractivity contribution in [3.8, 4) is 5.75 Å². The van der Waals surface area contributed by atoms with E-state index >= 15 is 0 Å². The molecule has 3 atom stereocenters. The molecule has 178 valence electrons. The van der Waals surface area contributed by atoms with Crippen LogP contribution in [0.25, 0.3) is 10.8 Å². The second-order valence-electron chi connectivity index (χ2n) is 9.42. The minimum Gasteiger partial charge on any atom is -0.489 e. The molecule has 0 aliphatic carbocycles. The number of hydrogen-bond donors (Lipinski definition) is 2. The van der Waals surface area contributed by atoms with Gasteiger partial charge in [0.15, 0.2) is 0 Å². The summed E-state index contributed by atoms with van der Waals surface area (Å²) in [6.45, 7) is 4.93. The Morgan fingerprint density at radius 2 is 1.77 bits per heavy atom. The van der Waals surface area contributed by atoms with E-state index in [0.717, 1.165) is 35.4 Å². The van der Waals surface area contributed by atoms with Gasteiger partial charge in [-0.1, -0.05) is 72.8 Å². The number of nitrogens with one attached hydrogen (secondary N) is 2. The van der Waals surface area contributed by atoms with Crippen LogP contribution in [-0.4, -0.2) is 25.6 Å². The maximum absolute atomic E-state index is 12.4. The number of para-hydroxylation sites is 1. The zero-order chi connectivity index (χ0) is 24.4. The van der Waals surface area contributed by atoms with Crippen LogP contribution in [0.2, 0.25) is 0 Å². The van der Waals surface area contributed by atoms with E-state index in [1.807, 2.05) is 25.1 Å². The average Bonchev–Trinajstić information content (AvgIpc) is 2.90. The van der Waals surface area contributed by atoms with Crippen molar-refractivity contribution in [3.63, 3.8) is 0 Å². The van der Waals surface area contributed by atoms with E-state index in [1.165, 1.54) is 21.9 Å². The molecule has 1 heterocycles.